The normalized spacial score (nSPS) is 10.7. The Labute approximate surface area is 147 Å². The zero-order valence-electron chi connectivity index (χ0n) is 14.9. The van der Waals surface area contributed by atoms with Gasteiger partial charge in [-0.1, -0.05) is 17.7 Å². The van der Waals surface area contributed by atoms with Crippen LogP contribution in [0.15, 0.2) is 36.5 Å². The third kappa shape index (κ3) is 3.45. The zero-order valence-corrected chi connectivity index (χ0v) is 14.9. The van der Waals surface area contributed by atoms with Crippen LogP contribution >= 0.6 is 0 Å². The molecule has 0 aliphatic heterocycles. The van der Waals surface area contributed by atoms with Crippen molar-refractivity contribution in [1.29, 1.82) is 0 Å². The minimum absolute atomic E-state index is 0.312. The van der Waals surface area contributed by atoms with Crippen LogP contribution < -0.4 is 5.32 Å². The molecule has 5 nitrogen and oxygen atoms in total. The highest BCUT2D eigenvalue weighted by molar-refractivity contribution is 6.05. The molecule has 0 unspecified atom stereocenters. The Hall–Kier alpha value is -2.95. The average molecular weight is 335 g/mol. The molecule has 1 N–H and O–H groups in total. The molecule has 5 heteroatoms. The molecule has 0 atom stereocenters. The number of nitrogens with zero attached hydrogens (tertiary/aromatic N) is 2. The van der Waals surface area contributed by atoms with E-state index in [1.807, 2.05) is 38.1 Å². The first-order valence-electron chi connectivity index (χ1n) is 8.27. The van der Waals surface area contributed by atoms with Gasteiger partial charge in [-0.15, -0.1) is 0 Å². The van der Waals surface area contributed by atoms with Crippen LogP contribution in [0.25, 0.3) is 11.0 Å². The Kier molecular flexibility index (Phi) is 4.65. The van der Waals surface area contributed by atoms with Gasteiger partial charge in [-0.25, -0.2) is 14.8 Å². The number of aryl methyl sites for hydroxylation is 3. The van der Waals surface area contributed by atoms with E-state index in [1.54, 1.807) is 6.92 Å². The molecule has 0 fully saturated rings. The number of pyridine rings is 2. The lowest BCUT2D eigenvalue weighted by atomic mass is 10.1. The molecule has 0 aliphatic rings. The summed E-state index contributed by atoms with van der Waals surface area (Å²) >= 11 is 0. The SMILES string of the molecule is CCOC(=O)c1cnc2nc(C)ccc2c1Nc1ccc(C)cc1C. The molecule has 128 valence electrons. The fourth-order valence-electron chi connectivity index (χ4n) is 2.76. The van der Waals surface area contributed by atoms with Gasteiger partial charge in [0.15, 0.2) is 5.65 Å². The second kappa shape index (κ2) is 6.89. The molecule has 0 saturated heterocycles. The molecule has 3 aromatic rings. The van der Waals surface area contributed by atoms with Crippen LogP contribution in [0.4, 0.5) is 11.4 Å². The Morgan fingerprint density at radius 3 is 2.68 bits per heavy atom. The lowest BCUT2D eigenvalue weighted by molar-refractivity contribution is 0.0527. The smallest absolute Gasteiger partial charge is 0.341 e. The first kappa shape index (κ1) is 16.9. The van der Waals surface area contributed by atoms with Crippen molar-refractivity contribution in [3.05, 3.63) is 58.9 Å². The zero-order chi connectivity index (χ0) is 18.0. The topological polar surface area (TPSA) is 64.1 Å². The van der Waals surface area contributed by atoms with Crippen molar-refractivity contribution in [2.45, 2.75) is 27.7 Å². The van der Waals surface area contributed by atoms with Crippen LogP contribution in [0.2, 0.25) is 0 Å². The van der Waals surface area contributed by atoms with E-state index in [0.717, 1.165) is 22.3 Å². The molecule has 0 amide bonds. The summed E-state index contributed by atoms with van der Waals surface area (Å²) in [5.41, 5.74) is 5.76. The van der Waals surface area contributed by atoms with Crippen molar-refractivity contribution in [3.8, 4) is 0 Å². The van der Waals surface area contributed by atoms with Gasteiger partial charge in [-0.2, -0.15) is 0 Å². The summed E-state index contributed by atoms with van der Waals surface area (Å²) in [6, 6.07) is 9.97. The molecule has 2 heterocycles. The van der Waals surface area contributed by atoms with Crippen LogP contribution in [0.5, 0.6) is 0 Å². The van der Waals surface area contributed by atoms with E-state index in [0.29, 0.717) is 23.5 Å². The van der Waals surface area contributed by atoms with Gasteiger partial charge in [0.25, 0.3) is 0 Å². The maximum absolute atomic E-state index is 12.4. The van der Waals surface area contributed by atoms with Gasteiger partial charge in [0.2, 0.25) is 0 Å². The predicted octanol–water partition coefficient (Wildman–Crippen LogP) is 4.48. The monoisotopic (exact) mass is 335 g/mol. The largest absolute Gasteiger partial charge is 0.462 e. The van der Waals surface area contributed by atoms with Crippen molar-refractivity contribution in [3.63, 3.8) is 0 Å². The second-order valence-electron chi connectivity index (χ2n) is 6.03. The maximum Gasteiger partial charge on any atom is 0.341 e. The van der Waals surface area contributed by atoms with Crippen molar-refractivity contribution >= 4 is 28.4 Å². The fourth-order valence-corrected chi connectivity index (χ4v) is 2.76. The van der Waals surface area contributed by atoms with Crippen molar-refractivity contribution in [2.75, 3.05) is 11.9 Å². The molecule has 25 heavy (non-hydrogen) atoms. The van der Waals surface area contributed by atoms with E-state index in [-0.39, 0.29) is 0 Å². The van der Waals surface area contributed by atoms with Crippen LogP contribution in [0.3, 0.4) is 0 Å². The Morgan fingerprint density at radius 2 is 1.96 bits per heavy atom. The molecule has 0 radical (unpaired) electrons. The number of aromatic nitrogens is 2. The predicted molar refractivity (Wildman–Crippen MR) is 99.4 cm³/mol. The highest BCUT2D eigenvalue weighted by atomic mass is 16.5. The van der Waals surface area contributed by atoms with Gasteiger partial charge in [0.1, 0.15) is 5.56 Å². The molecule has 0 bridgehead atoms. The van der Waals surface area contributed by atoms with E-state index in [2.05, 4.69) is 28.3 Å². The summed E-state index contributed by atoms with van der Waals surface area (Å²) in [6.45, 7) is 8.10. The summed E-state index contributed by atoms with van der Waals surface area (Å²) in [6.07, 6.45) is 1.53. The van der Waals surface area contributed by atoms with Gasteiger partial charge >= 0.3 is 5.97 Å². The van der Waals surface area contributed by atoms with Crippen molar-refractivity contribution < 1.29 is 9.53 Å². The highest BCUT2D eigenvalue weighted by Gasteiger charge is 2.18. The Bertz CT molecular complexity index is 951. The van der Waals surface area contributed by atoms with Gasteiger partial charge in [0, 0.05) is 23.0 Å². The minimum atomic E-state index is -0.398. The number of rotatable bonds is 4. The Balaban J connectivity index is 2.17. The summed E-state index contributed by atoms with van der Waals surface area (Å²) in [5, 5.41) is 4.18. The molecule has 0 spiro atoms. The molecular weight excluding hydrogens is 314 g/mol. The van der Waals surface area contributed by atoms with E-state index in [4.69, 9.17) is 4.74 Å². The lowest BCUT2D eigenvalue weighted by Crippen LogP contribution is -2.10. The number of esters is 1. The van der Waals surface area contributed by atoms with Gasteiger partial charge in [-0.05, 0) is 51.5 Å². The number of carbonyl (C=O) groups excluding carboxylic acids is 1. The average Bonchev–Trinajstić information content (AvgIpc) is 2.57. The lowest BCUT2D eigenvalue weighted by Gasteiger charge is -2.16. The van der Waals surface area contributed by atoms with E-state index in [9.17, 15) is 4.79 Å². The van der Waals surface area contributed by atoms with E-state index in [1.165, 1.54) is 11.8 Å². The highest BCUT2D eigenvalue weighted by Crippen LogP contribution is 2.30. The summed E-state index contributed by atoms with van der Waals surface area (Å²) in [4.78, 5) is 21.2. The van der Waals surface area contributed by atoms with Crippen LogP contribution in [-0.4, -0.2) is 22.5 Å². The fraction of sp³-hybridized carbons (Fsp3) is 0.250. The molecule has 0 aliphatic carbocycles. The maximum atomic E-state index is 12.4. The Morgan fingerprint density at radius 1 is 1.16 bits per heavy atom. The van der Waals surface area contributed by atoms with Gasteiger partial charge in [-0.3, -0.25) is 0 Å². The number of nitrogens with one attached hydrogen (secondary N) is 1. The van der Waals surface area contributed by atoms with Crippen LogP contribution in [0.1, 0.15) is 34.1 Å². The minimum Gasteiger partial charge on any atom is -0.462 e. The number of benzene rings is 1. The number of carbonyl (C=O) groups is 1. The molecule has 3 rings (SSSR count). The van der Waals surface area contributed by atoms with Crippen molar-refractivity contribution in [1.82, 2.24) is 9.97 Å². The summed E-state index contributed by atoms with van der Waals surface area (Å²) in [5.74, 6) is -0.398. The first-order chi connectivity index (χ1) is 12.0. The molecule has 2 aromatic heterocycles. The first-order valence-corrected chi connectivity index (χ1v) is 8.27. The number of fused-ring (bicyclic) bond motifs is 1. The third-order valence-corrected chi connectivity index (χ3v) is 4.01. The van der Waals surface area contributed by atoms with E-state index < -0.39 is 5.97 Å². The summed E-state index contributed by atoms with van der Waals surface area (Å²) < 4.78 is 5.19. The van der Waals surface area contributed by atoms with Gasteiger partial charge in [0.05, 0.1) is 12.3 Å². The molecule has 0 saturated carbocycles. The van der Waals surface area contributed by atoms with Crippen LogP contribution in [-0.2, 0) is 4.74 Å². The van der Waals surface area contributed by atoms with Crippen molar-refractivity contribution in [2.24, 2.45) is 0 Å². The van der Waals surface area contributed by atoms with Crippen LogP contribution in [0, 0.1) is 20.8 Å². The number of hydrogen-bond acceptors (Lipinski definition) is 5. The third-order valence-electron chi connectivity index (χ3n) is 4.01. The van der Waals surface area contributed by atoms with Gasteiger partial charge < -0.3 is 10.1 Å². The number of ether oxygens (including phenoxy) is 1. The molecule has 1 aromatic carbocycles. The second-order valence-corrected chi connectivity index (χ2v) is 6.03. The quantitative estimate of drug-likeness (QED) is 0.712. The standard InChI is InChI=1S/C20H21N3O2/c1-5-25-20(24)16-11-21-19-15(8-7-14(4)22-19)18(16)23-17-9-6-12(2)10-13(17)3/h6-11H,5H2,1-4H3,(H,21,22,23). The number of anilines is 2. The van der Waals surface area contributed by atoms with E-state index >= 15 is 0 Å². The number of hydrogen-bond donors (Lipinski definition) is 1. The summed E-state index contributed by atoms with van der Waals surface area (Å²) in [7, 11) is 0. The molecular formula is C20H21N3O2.